The average Bonchev–Trinajstić information content (AvgIpc) is 3.81. The Morgan fingerprint density at radius 1 is 0.719 bits per heavy atom. The van der Waals surface area contributed by atoms with Gasteiger partial charge in [-0.25, -0.2) is 0 Å². The monoisotopic (exact) mass is 852 g/mol. The molecule has 4 aliphatic rings. The number of nitrogens with zero attached hydrogens (tertiary/aromatic N) is 4. The first-order chi connectivity index (χ1) is 31.1. The first-order valence-electron chi connectivity index (χ1n) is 21.4. The third kappa shape index (κ3) is 6.78. The van der Waals surface area contributed by atoms with E-state index in [1.54, 1.807) is 102 Å². The van der Waals surface area contributed by atoms with Crippen LogP contribution in [0, 0.1) is 5.92 Å². The standard InChI is InChI=1S/C52H44N4O8/c1-33(12-10-22-48(58)53-29-11-13-37(53)32-57)52(62)40-30-36(56-43-17-5-9-21-47(43)64-45-19-7-3-15-39(45)50(56)60)27-28-41(40)54(51(52)61)31-34-23-25-35(26-24-34)55-42-16-4-8-20-46(42)63-44-18-6-2-14-38(44)49(55)59/h2-10,12,14-21,23-28,30,33,37,57,62H,11,13,22,29,31-32H2,1H3/b12-10+/t33-,37+,52+/m1/s1. The Kier molecular flexibility index (Phi) is 10.3. The average molecular weight is 853 g/mol. The van der Waals surface area contributed by atoms with Crippen LogP contribution in [0.15, 0.2) is 152 Å². The number of para-hydroxylation sites is 6. The van der Waals surface area contributed by atoms with Gasteiger partial charge in [-0.1, -0.05) is 79.7 Å². The fourth-order valence-electron chi connectivity index (χ4n) is 9.28. The number of carbonyl (C=O) groups excluding carboxylic acids is 4. The normalized spacial score (nSPS) is 19.2. The first kappa shape index (κ1) is 40.5. The molecule has 1 saturated heterocycles. The van der Waals surface area contributed by atoms with Crippen molar-refractivity contribution in [3.05, 3.63) is 174 Å². The summed E-state index contributed by atoms with van der Waals surface area (Å²) in [4.78, 5) is 63.0. The van der Waals surface area contributed by atoms with Gasteiger partial charge in [-0.2, -0.15) is 0 Å². The van der Waals surface area contributed by atoms with Crippen LogP contribution in [0.2, 0.25) is 0 Å². The Morgan fingerprint density at radius 2 is 1.27 bits per heavy atom. The minimum atomic E-state index is -2.11. The fraction of sp³-hybridized carbons (Fsp3) is 0.192. The summed E-state index contributed by atoms with van der Waals surface area (Å²) < 4.78 is 12.4. The number of rotatable bonds is 9. The molecule has 4 heterocycles. The number of carbonyl (C=O) groups is 4. The zero-order valence-corrected chi connectivity index (χ0v) is 35.0. The molecule has 0 unspecified atom stereocenters. The lowest BCUT2D eigenvalue weighted by atomic mass is 9.82. The molecule has 0 aliphatic carbocycles. The number of amides is 4. The van der Waals surface area contributed by atoms with Gasteiger partial charge in [0.05, 0.1) is 47.4 Å². The Morgan fingerprint density at radius 3 is 1.88 bits per heavy atom. The maximum Gasteiger partial charge on any atom is 0.266 e. The third-order valence-corrected chi connectivity index (χ3v) is 12.6. The van der Waals surface area contributed by atoms with Crippen molar-refractivity contribution in [2.75, 3.05) is 27.9 Å². The Bertz CT molecular complexity index is 2880. The fourth-order valence-corrected chi connectivity index (χ4v) is 9.28. The summed E-state index contributed by atoms with van der Waals surface area (Å²) in [6.45, 7) is 2.27. The molecule has 4 amide bonds. The topological polar surface area (TPSA) is 140 Å². The van der Waals surface area contributed by atoms with Gasteiger partial charge >= 0.3 is 0 Å². The smallest absolute Gasteiger partial charge is 0.266 e. The van der Waals surface area contributed by atoms with E-state index < -0.39 is 17.4 Å². The van der Waals surface area contributed by atoms with Crippen molar-refractivity contribution in [2.45, 2.75) is 44.4 Å². The van der Waals surface area contributed by atoms with E-state index in [1.165, 1.54) is 9.80 Å². The van der Waals surface area contributed by atoms with Gasteiger partial charge in [0.15, 0.2) is 17.1 Å². The van der Waals surface area contributed by atoms with Gasteiger partial charge in [-0.3, -0.25) is 29.0 Å². The van der Waals surface area contributed by atoms with E-state index in [-0.39, 0.29) is 43.3 Å². The van der Waals surface area contributed by atoms with Crippen LogP contribution < -0.4 is 24.2 Å². The molecular weight excluding hydrogens is 809 g/mol. The minimum Gasteiger partial charge on any atom is -0.454 e. The molecule has 4 aliphatic heterocycles. The van der Waals surface area contributed by atoms with Gasteiger partial charge in [0.25, 0.3) is 17.7 Å². The van der Waals surface area contributed by atoms with Crippen molar-refractivity contribution in [3.63, 3.8) is 0 Å². The number of hydrogen-bond donors (Lipinski definition) is 2. The van der Waals surface area contributed by atoms with Gasteiger partial charge in [-0.15, -0.1) is 0 Å². The minimum absolute atomic E-state index is 0.0360. The molecule has 64 heavy (non-hydrogen) atoms. The molecular formula is C52H44N4O8. The van der Waals surface area contributed by atoms with E-state index in [0.717, 1.165) is 18.4 Å². The SMILES string of the molecule is C[C@H](/C=C/CC(=O)N1CCC[C@H]1CO)[C@@]1(O)C(=O)N(Cc2ccc(N3C(=O)c4ccccc4Oc4ccccc43)cc2)c2ccc(N3C(=O)c4ccccc4Oc4ccccc43)cc21. The number of hydrogen-bond acceptors (Lipinski definition) is 8. The van der Waals surface area contributed by atoms with Crippen LogP contribution in [0.1, 0.15) is 58.0 Å². The molecule has 0 saturated carbocycles. The third-order valence-electron chi connectivity index (χ3n) is 12.6. The maximum atomic E-state index is 14.9. The molecule has 2 N–H and O–H groups in total. The lowest BCUT2D eigenvalue weighted by Gasteiger charge is -2.29. The van der Waals surface area contributed by atoms with Crippen molar-refractivity contribution < 1.29 is 38.9 Å². The van der Waals surface area contributed by atoms with Crippen LogP contribution in [0.5, 0.6) is 23.0 Å². The highest BCUT2D eigenvalue weighted by molar-refractivity contribution is 6.16. The molecule has 0 spiro atoms. The summed E-state index contributed by atoms with van der Waals surface area (Å²) in [5, 5.41) is 22.7. The van der Waals surface area contributed by atoms with Gasteiger partial charge in [0.1, 0.15) is 11.5 Å². The molecule has 320 valence electrons. The van der Waals surface area contributed by atoms with Gasteiger partial charge in [0, 0.05) is 35.8 Å². The summed E-state index contributed by atoms with van der Waals surface area (Å²) in [7, 11) is 0. The lowest BCUT2D eigenvalue weighted by Crippen LogP contribution is -2.44. The van der Waals surface area contributed by atoms with E-state index in [1.807, 2.05) is 66.7 Å². The van der Waals surface area contributed by atoms with Crippen LogP contribution in [-0.2, 0) is 21.7 Å². The number of aliphatic hydroxyl groups excluding tert-OH is 1. The Hall–Kier alpha value is -7.54. The molecule has 0 aromatic heterocycles. The van der Waals surface area contributed by atoms with Crippen LogP contribution in [0.4, 0.5) is 28.4 Å². The molecule has 0 radical (unpaired) electrons. The predicted octanol–water partition coefficient (Wildman–Crippen LogP) is 9.16. The van der Waals surface area contributed by atoms with Gasteiger partial charge in [0.2, 0.25) is 5.91 Å². The molecule has 6 aromatic rings. The van der Waals surface area contributed by atoms with Crippen LogP contribution in [0.3, 0.4) is 0 Å². The van der Waals surface area contributed by atoms with Gasteiger partial charge < -0.3 is 29.5 Å². The zero-order valence-electron chi connectivity index (χ0n) is 35.0. The predicted molar refractivity (Wildman–Crippen MR) is 242 cm³/mol. The maximum absolute atomic E-state index is 14.9. The number of ether oxygens (including phenoxy) is 2. The van der Waals surface area contributed by atoms with E-state index in [2.05, 4.69) is 0 Å². The number of anilines is 5. The summed E-state index contributed by atoms with van der Waals surface area (Å²) in [5.41, 5.74) is 2.22. The van der Waals surface area contributed by atoms with Crippen LogP contribution in [-0.4, -0.2) is 57.9 Å². The van der Waals surface area contributed by atoms with Crippen LogP contribution in [0.25, 0.3) is 0 Å². The number of fused-ring (bicyclic) bond motifs is 5. The summed E-state index contributed by atoms with van der Waals surface area (Å²) >= 11 is 0. The molecule has 10 rings (SSSR count). The van der Waals surface area contributed by atoms with E-state index >= 15 is 0 Å². The summed E-state index contributed by atoms with van der Waals surface area (Å²) in [6, 6.07) is 41.0. The Balaban J connectivity index is 1.01. The molecule has 6 aromatic carbocycles. The van der Waals surface area contributed by atoms with Gasteiger partial charge in [-0.05, 0) is 97.3 Å². The van der Waals surface area contributed by atoms with Crippen molar-refractivity contribution in [1.82, 2.24) is 4.90 Å². The molecule has 1 fully saturated rings. The van der Waals surface area contributed by atoms with Crippen molar-refractivity contribution in [1.29, 1.82) is 0 Å². The molecule has 3 atom stereocenters. The number of benzene rings is 6. The second-order valence-corrected chi connectivity index (χ2v) is 16.4. The second-order valence-electron chi connectivity index (χ2n) is 16.4. The second kappa shape index (κ2) is 16.3. The van der Waals surface area contributed by atoms with Crippen molar-refractivity contribution in [2.24, 2.45) is 5.92 Å². The quantitative estimate of drug-likeness (QED) is 0.137. The van der Waals surface area contributed by atoms with Crippen molar-refractivity contribution >= 4 is 52.1 Å². The number of likely N-dealkylation sites (tertiary alicyclic amines) is 1. The van der Waals surface area contributed by atoms with E-state index in [4.69, 9.17) is 9.47 Å². The summed E-state index contributed by atoms with van der Waals surface area (Å²) in [5.74, 6) is -0.282. The lowest BCUT2D eigenvalue weighted by molar-refractivity contribution is -0.139. The Labute approximate surface area is 369 Å². The molecule has 0 bridgehead atoms. The highest BCUT2D eigenvalue weighted by Gasteiger charge is 2.53. The highest BCUT2D eigenvalue weighted by Crippen LogP contribution is 2.50. The van der Waals surface area contributed by atoms with Crippen molar-refractivity contribution in [3.8, 4) is 23.0 Å². The van der Waals surface area contributed by atoms with E-state index in [9.17, 15) is 29.4 Å². The summed E-state index contributed by atoms with van der Waals surface area (Å²) in [6.07, 6.45) is 4.95. The van der Waals surface area contributed by atoms with E-state index in [0.29, 0.717) is 74.7 Å². The zero-order chi connectivity index (χ0) is 44.1. The van der Waals surface area contributed by atoms with Crippen LogP contribution >= 0.6 is 0 Å². The first-order valence-corrected chi connectivity index (χ1v) is 21.4. The highest BCUT2D eigenvalue weighted by atomic mass is 16.5. The number of aliphatic hydroxyl groups is 2. The molecule has 12 nitrogen and oxygen atoms in total. The molecule has 12 heteroatoms. The largest absolute Gasteiger partial charge is 0.454 e.